The van der Waals surface area contributed by atoms with E-state index in [9.17, 15) is 13.2 Å². The first-order valence-electron chi connectivity index (χ1n) is 11.3. The molecule has 1 amide bonds. The van der Waals surface area contributed by atoms with Crippen LogP contribution in [0.2, 0.25) is 0 Å². The summed E-state index contributed by atoms with van der Waals surface area (Å²) in [6.07, 6.45) is 1.27. The van der Waals surface area contributed by atoms with E-state index in [1.807, 2.05) is 6.92 Å². The van der Waals surface area contributed by atoms with Crippen molar-refractivity contribution in [3.05, 3.63) is 54.1 Å². The van der Waals surface area contributed by atoms with Gasteiger partial charge in [-0.3, -0.25) is 14.4 Å². The maximum atomic E-state index is 12.7. The van der Waals surface area contributed by atoms with Crippen LogP contribution in [0.1, 0.15) is 37.6 Å². The molecule has 2 atom stereocenters. The molecule has 0 aromatic heterocycles. The van der Waals surface area contributed by atoms with Crippen LogP contribution in [0.15, 0.2) is 53.4 Å². The second kappa shape index (κ2) is 11.5. The zero-order valence-electron chi connectivity index (χ0n) is 19.4. The van der Waals surface area contributed by atoms with Gasteiger partial charge < -0.3 is 14.8 Å². The molecular formula is C24H33N3O5S. The summed E-state index contributed by atoms with van der Waals surface area (Å²) in [6, 6.07) is 12.7. The molecule has 8 nitrogen and oxygen atoms in total. The lowest BCUT2D eigenvalue weighted by molar-refractivity contribution is -0.0680. The second-order valence-corrected chi connectivity index (χ2v) is 9.90. The maximum Gasteiger partial charge on any atom is 0.261 e. The molecule has 2 unspecified atom stereocenters. The van der Waals surface area contributed by atoms with Crippen LogP contribution in [0.25, 0.3) is 0 Å². The van der Waals surface area contributed by atoms with Gasteiger partial charge in [0.15, 0.2) is 0 Å². The van der Waals surface area contributed by atoms with Gasteiger partial charge in [-0.2, -0.15) is 0 Å². The molecule has 0 radical (unpaired) electrons. The minimum atomic E-state index is -3.78. The first-order chi connectivity index (χ1) is 15.8. The van der Waals surface area contributed by atoms with Gasteiger partial charge in [-0.1, -0.05) is 6.07 Å². The highest BCUT2D eigenvalue weighted by atomic mass is 32.2. The van der Waals surface area contributed by atoms with E-state index in [4.69, 9.17) is 9.47 Å². The number of carbonyl (C=O) groups is 1. The molecule has 33 heavy (non-hydrogen) atoms. The molecule has 2 N–H and O–H groups in total. The largest absolute Gasteiger partial charge is 0.494 e. The van der Waals surface area contributed by atoms with E-state index in [0.717, 1.165) is 26.1 Å². The summed E-state index contributed by atoms with van der Waals surface area (Å²) in [7, 11) is -3.78. The summed E-state index contributed by atoms with van der Waals surface area (Å²) < 4.78 is 39.0. The van der Waals surface area contributed by atoms with Crippen LogP contribution >= 0.6 is 0 Å². The Balaban J connectivity index is 1.52. The van der Waals surface area contributed by atoms with E-state index in [0.29, 0.717) is 30.2 Å². The highest BCUT2D eigenvalue weighted by molar-refractivity contribution is 7.92. The van der Waals surface area contributed by atoms with Gasteiger partial charge in [0.2, 0.25) is 0 Å². The third-order valence-corrected chi connectivity index (χ3v) is 6.65. The SMILES string of the molecule is CCOc1ccc(S(=O)(=O)Nc2cccc(C(=O)NCCCN3CC(C)OC(C)C3)c2)cc1. The van der Waals surface area contributed by atoms with Crippen molar-refractivity contribution in [2.45, 2.75) is 44.3 Å². The van der Waals surface area contributed by atoms with Gasteiger partial charge in [-0.05, 0) is 69.7 Å². The Labute approximate surface area is 196 Å². The third kappa shape index (κ3) is 7.45. The van der Waals surface area contributed by atoms with Crippen molar-refractivity contribution in [1.29, 1.82) is 0 Å². The molecule has 9 heteroatoms. The van der Waals surface area contributed by atoms with Gasteiger partial charge in [0.05, 0.1) is 23.7 Å². The Bertz CT molecular complexity index is 1020. The number of carbonyl (C=O) groups excluding carboxylic acids is 1. The first kappa shape index (κ1) is 25.0. The van der Waals surface area contributed by atoms with E-state index in [2.05, 4.69) is 28.8 Å². The first-order valence-corrected chi connectivity index (χ1v) is 12.8. The summed E-state index contributed by atoms with van der Waals surface area (Å²) in [5.41, 5.74) is 0.725. The van der Waals surface area contributed by atoms with Crippen molar-refractivity contribution in [1.82, 2.24) is 10.2 Å². The molecule has 1 heterocycles. The van der Waals surface area contributed by atoms with Crippen molar-refractivity contribution in [3.8, 4) is 5.75 Å². The van der Waals surface area contributed by atoms with Crippen LogP contribution < -0.4 is 14.8 Å². The summed E-state index contributed by atoms with van der Waals surface area (Å²) in [5, 5.41) is 2.91. The Morgan fingerprint density at radius 1 is 1.12 bits per heavy atom. The van der Waals surface area contributed by atoms with Gasteiger partial charge in [-0.15, -0.1) is 0 Å². The third-order valence-electron chi connectivity index (χ3n) is 5.25. The van der Waals surface area contributed by atoms with Gasteiger partial charge in [0, 0.05) is 37.4 Å². The molecule has 1 aliphatic heterocycles. The summed E-state index contributed by atoms with van der Waals surface area (Å²) in [6.45, 7) is 9.74. The Morgan fingerprint density at radius 3 is 2.48 bits per heavy atom. The zero-order valence-corrected chi connectivity index (χ0v) is 20.2. The molecule has 2 aromatic rings. The molecule has 2 aromatic carbocycles. The Hall–Kier alpha value is -2.62. The van der Waals surface area contributed by atoms with Crippen LogP contribution in [-0.4, -0.2) is 64.2 Å². The van der Waals surface area contributed by atoms with Gasteiger partial charge in [-0.25, -0.2) is 8.42 Å². The zero-order chi connectivity index (χ0) is 23.8. The van der Waals surface area contributed by atoms with Crippen LogP contribution in [-0.2, 0) is 14.8 Å². The number of nitrogens with zero attached hydrogens (tertiary/aromatic N) is 1. The molecule has 0 spiro atoms. The number of ether oxygens (including phenoxy) is 2. The number of benzene rings is 2. The molecular weight excluding hydrogens is 442 g/mol. The fourth-order valence-electron chi connectivity index (χ4n) is 3.89. The predicted octanol–water partition coefficient (Wildman–Crippen LogP) is 3.12. The Morgan fingerprint density at radius 2 is 1.82 bits per heavy atom. The lowest BCUT2D eigenvalue weighted by Gasteiger charge is -2.35. The predicted molar refractivity (Wildman–Crippen MR) is 128 cm³/mol. The quantitative estimate of drug-likeness (QED) is 0.513. The van der Waals surface area contributed by atoms with E-state index in [1.54, 1.807) is 30.3 Å². The fourth-order valence-corrected chi connectivity index (χ4v) is 4.94. The highest BCUT2D eigenvalue weighted by Gasteiger charge is 2.21. The van der Waals surface area contributed by atoms with Crippen LogP contribution in [0.5, 0.6) is 5.75 Å². The topological polar surface area (TPSA) is 97.0 Å². The number of amides is 1. The molecule has 0 aliphatic carbocycles. The minimum absolute atomic E-state index is 0.118. The molecule has 3 rings (SSSR count). The van der Waals surface area contributed by atoms with Gasteiger partial charge in [0.25, 0.3) is 15.9 Å². The monoisotopic (exact) mass is 475 g/mol. The number of morpholine rings is 1. The smallest absolute Gasteiger partial charge is 0.261 e. The standard InChI is InChI=1S/C24H33N3O5S/c1-4-31-22-9-11-23(12-10-22)33(29,30)26-21-8-5-7-20(15-21)24(28)25-13-6-14-27-16-18(2)32-19(3)17-27/h5,7-12,15,18-19,26H,4,6,13-14,16-17H2,1-3H3,(H,25,28). The lowest BCUT2D eigenvalue weighted by Crippen LogP contribution is -2.46. The van der Waals surface area contributed by atoms with Gasteiger partial charge in [0.1, 0.15) is 5.75 Å². The molecule has 1 fully saturated rings. The number of nitrogens with one attached hydrogen (secondary N) is 2. The number of rotatable bonds is 10. The van der Waals surface area contributed by atoms with Crippen LogP contribution in [0, 0.1) is 0 Å². The average molecular weight is 476 g/mol. The van der Waals surface area contributed by atoms with E-state index in [-0.39, 0.29) is 23.0 Å². The molecule has 0 bridgehead atoms. The van der Waals surface area contributed by atoms with Crippen molar-refractivity contribution in [2.75, 3.05) is 37.5 Å². The van der Waals surface area contributed by atoms with E-state index in [1.165, 1.54) is 18.2 Å². The number of hydrogen-bond donors (Lipinski definition) is 2. The summed E-state index contributed by atoms with van der Waals surface area (Å²) in [5.74, 6) is 0.369. The average Bonchev–Trinajstić information content (AvgIpc) is 2.76. The summed E-state index contributed by atoms with van der Waals surface area (Å²) in [4.78, 5) is 15.0. The molecule has 1 saturated heterocycles. The van der Waals surface area contributed by atoms with E-state index < -0.39 is 10.0 Å². The fraction of sp³-hybridized carbons (Fsp3) is 0.458. The molecule has 180 valence electrons. The van der Waals surface area contributed by atoms with E-state index >= 15 is 0 Å². The minimum Gasteiger partial charge on any atom is -0.494 e. The number of sulfonamides is 1. The lowest BCUT2D eigenvalue weighted by atomic mass is 10.2. The molecule has 0 saturated carbocycles. The number of anilines is 1. The van der Waals surface area contributed by atoms with Crippen molar-refractivity contribution >= 4 is 21.6 Å². The summed E-state index contributed by atoms with van der Waals surface area (Å²) >= 11 is 0. The van der Waals surface area contributed by atoms with Crippen LogP contribution in [0.4, 0.5) is 5.69 Å². The Kier molecular flexibility index (Phi) is 8.71. The molecule has 1 aliphatic rings. The maximum absolute atomic E-state index is 12.7. The van der Waals surface area contributed by atoms with Gasteiger partial charge >= 0.3 is 0 Å². The second-order valence-electron chi connectivity index (χ2n) is 8.22. The normalized spacial score (nSPS) is 19.1. The van der Waals surface area contributed by atoms with Crippen molar-refractivity contribution < 1.29 is 22.7 Å². The van der Waals surface area contributed by atoms with Crippen molar-refractivity contribution in [3.63, 3.8) is 0 Å². The van der Waals surface area contributed by atoms with Crippen molar-refractivity contribution in [2.24, 2.45) is 0 Å². The van der Waals surface area contributed by atoms with Crippen LogP contribution in [0.3, 0.4) is 0 Å². The number of hydrogen-bond acceptors (Lipinski definition) is 6. The highest BCUT2D eigenvalue weighted by Crippen LogP contribution is 2.20.